The van der Waals surface area contributed by atoms with Crippen LogP contribution in [0.1, 0.15) is 26.3 Å². The number of nitrogens with one attached hydrogen (secondary N) is 1. The van der Waals surface area contributed by atoms with E-state index >= 15 is 0 Å². The summed E-state index contributed by atoms with van der Waals surface area (Å²) < 4.78 is 17.2. The van der Waals surface area contributed by atoms with E-state index in [0.29, 0.717) is 11.1 Å². The standard InChI is InChI=1S/C27H32N4O6/c1-27(2,3)37-25(33)30(4)16-23(35-6)24(32)29-20(15-28)13-17-7-9-18(10-8-17)19-11-12-22-21(14-19)31(5)26(34)36-22/h7-12,14,20,23H,13,16H2,1-6H3,(H,29,32)/t20-,23-/m0/s1. The number of aryl methyl sites for hydroxylation is 1. The number of carbonyl (C=O) groups excluding carboxylic acids is 2. The molecule has 3 rings (SSSR count). The lowest BCUT2D eigenvalue weighted by Crippen LogP contribution is -2.48. The molecule has 3 aromatic rings. The molecule has 10 heteroatoms. The third-order valence-electron chi connectivity index (χ3n) is 5.71. The van der Waals surface area contributed by atoms with Crippen molar-refractivity contribution < 1.29 is 23.5 Å². The Morgan fingerprint density at radius 1 is 1.16 bits per heavy atom. The molecule has 1 aromatic heterocycles. The Morgan fingerprint density at radius 3 is 2.41 bits per heavy atom. The van der Waals surface area contributed by atoms with Crippen LogP contribution in [-0.2, 0) is 27.7 Å². The van der Waals surface area contributed by atoms with Crippen LogP contribution in [0.3, 0.4) is 0 Å². The number of ether oxygens (including phenoxy) is 2. The minimum Gasteiger partial charge on any atom is -0.444 e. The monoisotopic (exact) mass is 508 g/mol. The topological polar surface area (TPSA) is 127 Å². The first-order valence-electron chi connectivity index (χ1n) is 11.8. The maximum atomic E-state index is 12.8. The van der Waals surface area contributed by atoms with Gasteiger partial charge < -0.3 is 24.1 Å². The van der Waals surface area contributed by atoms with Gasteiger partial charge in [-0.15, -0.1) is 0 Å². The molecule has 0 fully saturated rings. The highest BCUT2D eigenvalue weighted by atomic mass is 16.6. The van der Waals surface area contributed by atoms with Crippen molar-refractivity contribution in [3.05, 3.63) is 58.6 Å². The van der Waals surface area contributed by atoms with Gasteiger partial charge in [0, 0.05) is 27.6 Å². The van der Waals surface area contributed by atoms with Crippen molar-refractivity contribution >= 4 is 23.1 Å². The number of likely N-dealkylation sites (N-methyl/N-ethyl adjacent to an activating group) is 1. The summed E-state index contributed by atoms with van der Waals surface area (Å²) in [5, 5.41) is 12.3. The first-order valence-corrected chi connectivity index (χ1v) is 11.8. The Morgan fingerprint density at radius 2 is 1.81 bits per heavy atom. The van der Waals surface area contributed by atoms with Crippen LogP contribution in [0.4, 0.5) is 4.79 Å². The average Bonchev–Trinajstić information content (AvgIpc) is 3.13. The van der Waals surface area contributed by atoms with E-state index in [9.17, 15) is 19.6 Å². The lowest BCUT2D eigenvalue weighted by atomic mass is 10.0. The smallest absolute Gasteiger partial charge is 0.419 e. The molecule has 0 aliphatic heterocycles. The minimum absolute atomic E-state index is 0.0311. The predicted molar refractivity (Wildman–Crippen MR) is 138 cm³/mol. The maximum absolute atomic E-state index is 12.8. The number of fused-ring (bicyclic) bond motifs is 1. The molecule has 2 aromatic carbocycles. The largest absolute Gasteiger partial charge is 0.444 e. The fraction of sp³-hybridized carbons (Fsp3) is 0.407. The maximum Gasteiger partial charge on any atom is 0.419 e. The number of rotatable bonds is 8. The molecule has 10 nitrogen and oxygen atoms in total. The number of nitriles is 1. The van der Waals surface area contributed by atoms with Crippen LogP contribution in [0.2, 0.25) is 0 Å². The second-order valence-electron chi connectivity index (χ2n) is 9.79. The highest BCUT2D eigenvalue weighted by molar-refractivity contribution is 5.82. The summed E-state index contributed by atoms with van der Waals surface area (Å²) in [6, 6.07) is 14.4. The number of oxazole rings is 1. The van der Waals surface area contributed by atoms with Crippen molar-refractivity contribution in [1.82, 2.24) is 14.8 Å². The molecule has 1 N–H and O–H groups in total. The molecule has 196 valence electrons. The summed E-state index contributed by atoms with van der Waals surface area (Å²) in [4.78, 5) is 38.0. The van der Waals surface area contributed by atoms with Gasteiger partial charge in [-0.25, -0.2) is 9.59 Å². The Kier molecular flexibility index (Phi) is 8.40. The fourth-order valence-corrected chi connectivity index (χ4v) is 3.70. The molecule has 0 aliphatic carbocycles. The summed E-state index contributed by atoms with van der Waals surface area (Å²) in [5.74, 6) is -0.917. The Bertz CT molecular complexity index is 1360. The van der Waals surface area contributed by atoms with Crippen LogP contribution in [0.15, 0.2) is 51.7 Å². The number of hydrogen-bond donors (Lipinski definition) is 1. The molecule has 0 unspecified atom stereocenters. The zero-order chi connectivity index (χ0) is 27.3. The van der Waals surface area contributed by atoms with Gasteiger partial charge in [0.2, 0.25) is 0 Å². The number of methoxy groups -OCH3 is 1. The summed E-state index contributed by atoms with van der Waals surface area (Å²) in [6.45, 7) is 5.23. The number of hydrogen-bond acceptors (Lipinski definition) is 7. The summed E-state index contributed by atoms with van der Waals surface area (Å²) >= 11 is 0. The van der Waals surface area contributed by atoms with Gasteiger partial charge in [0.1, 0.15) is 11.6 Å². The van der Waals surface area contributed by atoms with Crippen LogP contribution in [-0.4, -0.2) is 59.9 Å². The van der Waals surface area contributed by atoms with Gasteiger partial charge in [-0.05, 0) is 49.6 Å². The third kappa shape index (κ3) is 6.98. The van der Waals surface area contributed by atoms with Crippen LogP contribution in [0.25, 0.3) is 22.2 Å². The molecule has 0 aliphatic rings. The predicted octanol–water partition coefficient (Wildman–Crippen LogP) is 3.23. The second-order valence-corrected chi connectivity index (χ2v) is 9.79. The highest BCUT2D eigenvalue weighted by Gasteiger charge is 2.27. The number of aromatic nitrogens is 1. The van der Waals surface area contributed by atoms with E-state index in [0.717, 1.165) is 16.7 Å². The van der Waals surface area contributed by atoms with Gasteiger partial charge in [-0.1, -0.05) is 30.3 Å². The minimum atomic E-state index is -0.968. The number of nitrogens with zero attached hydrogens (tertiary/aromatic N) is 3. The van der Waals surface area contributed by atoms with Gasteiger partial charge >= 0.3 is 11.8 Å². The van der Waals surface area contributed by atoms with E-state index in [2.05, 4.69) is 11.4 Å². The quantitative estimate of drug-likeness (QED) is 0.495. The molecular weight excluding hydrogens is 476 g/mol. The first kappa shape index (κ1) is 27.5. The van der Waals surface area contributed by atoms with Crippen molar-refractivity contribution in [1.29, 1.82) is 5.26 Å². The van der Waals surface area contributed by atoms with Gasteiger partial charge in [0.25, 0.3) is 5.91 Å². The van der Waals surface area contributed by atoms with Crippen molar-refractivity contribution in [2.75, 3.05) is 20.7 Å². The normalized spacial score (nSPS) is 13.0. The molecule has 0 spiro atoms. The summed E-state index contributed by atoms with van der Waals surface area (Å²) in [5.41, 5.74) is 3.25. The van der Waals surface area contributed by atoms with E-state index in [-0.39, 0.29) is 13.0 Å². The molecular formula is C27H32N4O6. The van der Waals surface area contributed by atoms with Crippen LogP contribution < -0.4 is 11.1 Å². The van der Waals surface area contributed by atoms with Crippen LogP contribution >= 0.6 is 0 Å². The van der Waals surface area contributed by atoms with E-state index in [1.54, 1.807) is 33.9 Å². The van der Waals surface area contributed by atoms with Crippen molar-refractivity contribution in [2.45, 2.75) is 44.9 Å². The van der Waals surface area contributed by atoms with E-state index in [4.69, 9.17) is 13.9 Å². The molecule has 2 atom stereocenters. The molecule has 0 saturated heterocycles. The Labute approximate surface area is 215 Å². The molecule has 0 bridgehead atoms. The van der Waals surface area contributed by atoms with Crippen LogP contribution in [0.5, 0.6) is 0 Å². The van der Waals surface area contributed by atoms with Gasteiger partial charge in [-0.2, -0.15) is 5.26 Å². The van der Waals surface area contributed by atoms with Gasteiger partial charge in [0.05, 0.1) is 18.1 Å². The summed E-state index contributed by atoms with van der Waals surface area (Å²) in [6.07, 6.45) is -1.26. The van der Waals surface area contributed by atoms with E-state index in [1.807, 2.05) is 36.4 Å². The lowest BCUT2D eigenvalue weighted by molar-refractivity contribution is -0.132. The van der Waals surface area contributed by atoms with Gasteiger partial charge in [0.15, 0.2) is 11.7 Å². The van der Waals surface area contributed by atoms with E-state index < -0.39 is 35.5 Å². The van der Waals surface area contributed by atoms with Crippen molar-refractivity contribution in [3.63, 3.8) is 0 Å². The molecule has 0 radical (unpaired) electrons. The number of amides is 2. The Balaban J connectivity index is 1.63. The molecule has 2 amide bonds. The SMILES string of the molecule is CO[C@@H](CN(C)C(=O)OC(C)(C)C)C(=O)N[C@H](C#N)Cc1ccc(-c2ccc3oc(=O)n(C)c3c2)cc1. The molecule has 0 saturated carbocycles. The highest BCUT2D eigenvalue weighted by Crippen LogP contribution is 2.24. The lowest BCUT2D eigenvalue weighted by Gasteiger charge is -2.27. The number of carbonyl (C=O) groups is 2. The second kappa shape index (κ2) is 11.3. The average molecular weight is 509 g/mol. The molecule has 37 heavy (non-hydrogen) atoms. The Hall–Kier alpha value is -4.10. The van der Waals surface area contributed by atoms with E-state index in [1.165, 1.54) is 23.6 Å². The zero-order valence-electron chi connectivity index (χ0n) is 21.9. The van der Waals surface area contributed by atoms with Gasteiger partial charge in [-0.3, -0.25) is 9.36 Å². The molecule has 1 heterocycles. The fourth-order valence-electron chi connectivity index (χ4n) is 3.70. The van der Waals surface area contributed by atoms with Crippen molar-refractivity contribution in [3.8, 4) is 17.2 Å². The number of benzene rings is 2. The van der Waals surface area contributed by atoms with Crippen molar-refractivity contribution in [2.24, 2.45) is 7.05 Å². The first-order chi connectivity index (χ1) is 17.4. The summed E-state index contributed by atoms with van der Waals surface area (Å²) in [7, 11) is 4.54. The van der Waals surface area contributed by atoms with Crippen LogP contribution in [0, 0.1) is 11.3 Å². The third-order valence-corrected chi connectivity index (χ3v) is 5.71. The zero-order valence-corrected chi connectivity index (χ0v) is 21.9.